The van der Waals surface area contributed by atoms with Gasteiger partial charge in [0.2, 0.25) is 4.87 Å². The molecule has 2 bridgehead atoms. The molecule has 0 unspecified atom stereocenters. The number of aromatic amines is 1. The minimum Gasteiger partial charge on any atom is -0.388 e. The molecule has 174 valence electrons. The number of anilines is 1. The number of amides is 2. The van der Waals surface area contributed by atoms with Crippen LogP contribution in [0.25, 0.3) is 10.9 Å². The molecule has 2 aromatic carbocycles. The van der Waals surface area contributed by atoms with Gasteiger partial charge >= 0.3 is 0 Å². The van der Waals surface area contributed by atoms with Crippen molar-refractivity contribution in [2.75, 3.05) is 12.4 Å². The SMILES string of the molecule is CN1C(=O)[C@]23SSSS[C@@]1(C)C(=O)N2[C@H]1Nc2ccccc2[C@@]1(c1c[nH]c2ccccc12)[C@@H]3O. The van der Waals surface area contributed by atoms with Crippen LogP contribution in [-0.4, -0.2) is 60.8 Å². The van der Waals surface area contributed by atoms with Gasteiger partial charge in [-0.05, 0) is 71.4 Å². The van der Waals surface area contributed by atoms with Crippen LogP contribution >= 0.6 is 41.2 Å². The van der Waals surface area contributed by atoms with Gasteiger partial charge in [-0.25, -0.2) is 0 Å². The fourth-order valence-corrected chi connectivity index (χ4v) is 13.8. The Morgan fingerprint density at radius 1 is 0.971 bits per heavy atom. The molecule has 0 aliphatic carbocycles. The summed E-state index contributed by atoms with van der Waals surface area (Å²) in [6.07, 6.45) is 0.112. The molecule has 34 heavy (non-hydrogen) atoms. The van der Waals surface area contributed by atoms with E-state index in [9.17, 15) is 14.7 Å². The molecule has 8 rings (SSSR count). The second kappa shape index (κ2) is 6.85. The van der Waals surface area contributed by atoms with Crippen LogP contribution in [0.3, 0.4) is 0 Å². The van der Waals surface area contributed by atoms with Crippen LogP contribution in [0.5, 0.6) is 0 Å². The molecule has 11 heteroatoms. The summed E-state index contributed by atoms with van der Waals surface area (Å²) in [6.45, 7) is 1.80. The van der Waals surface area contributed by atoms with Gasteiger partial charge in [0, 0.05) is 29.8 Å². The Balaban J connectivity index is 1.59. The van der Waals surface area contributed by atoms with Gasteiger partial charge in [0.15, 0.2) is 4.87 Å². The lowest BCUT2D eigenvalue weighted by atomic mass is 9.70. The number of benzene rings is 2. The van der Waals surface area contributed by atoms with E-state index < -0.39 is 27.4 Å². The number of fused-ring (bicyclic) bond motifs is 8. The van der Waals surface area contributed by atoms with Crippen LogP contribution < -0.4 is 5.32 Å². The minimum absolute atomic E-state index is 0.175. The Kier molecular flexibility index (Phi) is 4.30. The van der Waals surface area contributed by atoms with E-state index in [1.165, 1.54) is 46.1 Å². The molecule has 5 atom stereocenters. The predicted molar refractivity (Wildman–Crippen MR) is 140 cm³/mol. The number of piperazine rings is 1. The Hall–Kier alpha value is -1.92. The molecule has 7 nitrogen and oxygen atoms in total. The summed E-state index contributed by atoms with van der Waals surface area (Å²) in [7, 11) is 7.25. The zero-order valence-corrected chi connectivity index (χ0v) is 21.4. The van der Waals surface area contributed by atoms with Gasteiger partial charge in [-0.1, -0.05) is 36.4 Å². The second-order valence-electron chi connectivity index (χ2n) is 9.13. The maximum absolute atomic E-state index is 14.2. The number of rotatable bonds is 1. The predicted octanol–water partition coefficient (Wildman–Crippen LogP) is 3.98. The van der Waals surface area contributed by atoms with E-state index in [0.717, 1.165) is 27.7 Å². The van der Waals surface area contributed by atoms with Crippen molar-refractivity contribution in [3.63, 3.8) is 0 Å². The van der Waals surface area contributed by atoms with E-state index in [-0.39, 0.29) is 11.8 Å². The van der Waals surface area contributed by atoms with Gasteiger partial charge in [0.1, 0.15) is 12.3 Å². The molecule has 3 aromatic rings. The number of hydrogen-bond donors (Lipinski definition) is 3. The highest BCUT2D eigenvalue weighted by atomic mass is 33.7. The summed E-state index contributed by atoms with van der Waals surface area (Å²) < 4.78 is 0. The molecular formula is C23H20N4O3S4. The number of H-pyrrole nitrogens is 1. The molecular weight excluding hydrogens is 509 g/mol. The van der Waals surface area contributed by atoms with Crippen molar-refractivity contribution >= 4 is 69.6 Å². The van der Waals surface area contributed by atoms with Crippen molar-refractivity contribution < 1.29 is 14.7 Å². The Bertz CT molecular complexity index is 1400. The third kappa shape index (κ3) is 2.18. The van der Waals surface area contributed by atoms with Gasteiger partial charge in [0.05, 0.1) is 5.41 Å². The average molecular weight is 529 g/mol. The van der Waals surface area contributed by atoms with E-state index in [2.05, 4.69) is 10.3 Å². The molecule has 1 spiro atoms. The molecule has 0 saturated carbocycles. The number of nitrogens with one attached hydrogen (secondary N) is 2. The van der Waals surface area contributed by atoms with E-state index >= 15 is 0 Å². The Labute approximate surface area is 211 Å². The number of carbonyl (C=O) groups is 2. The summed E-state index contributed by atoms with van der Waals surface area (Å²) in [5, 5.41) is 17.0. The minimum atomic E-state index is -1.46. The highest BCUT2D eigenvalue weighted by Crippen LogP contribution is 2.69. The highest BCUT2D eigenvalue weighted by molar-refractivity contribution is 9.26. The normalized spacial score (nSPS) is 36.2. The third-order valence-corrected chi connectivity index (χ3v) is 15.1. The number of aromatic nitrogens is 1. The molecule has 0 radical (unpaired) electrons. The standard InChI is InChI=1S/C23H20N4O3S4/c1-21-19(29)27-18-22(13-8-4-6-10-16(13)25-18,14-11-24-15-9-5-3-7-12(14)15)17(28)23(27,20(30)26(21)2)32-34-33-31-21/h3-11,17-18,24-25,28H,1-2H3/t17-,18+,21-,22+,23-/m0/s1. The van der Waals surface area contributed by atoms with Gasteiger partial charge in [-0.2, -0.15) is 0 Å². The van der Waals surface area contributed by atoms with Gasteiger partial charge in [0.25, 0.3) is 11.8 Å². The summed E-state index contributed by atoms with van der Waals surface area (Å²) >= 11 is 0. The molecule has 3 N–H and O–H groups in total. The van der Waals surface area contributed by atoms with Crippen molar-refractivity contribution in [3.8, 4) is 0 Å². The van der Waals surface area contributed by atoms with Gasteiger partial charge < -0.3 is 20.3 Å². The molecule has 4 saturated heterocycles. The van der Waals surface area contributed by atoms with Crippen molar-refractivity contribution in [3.05, 3.63) is 65.9 Å². The van der Waals surface area contributed by atoms with Crippen LogP contribution in [0.15, 0.2) is 54.7 Å². The first kappa shape index (κ1) is 21.4. The van der Waals surface area contributed by atoms with E-state index in [1.54, 1.807) is 18.9 Å². The Morgan fingerprint density at radius 2 is 1.71 bits per heavy atom. The van der Waals surface area contributed by atoms with Crippen LogP contribution in [0.4, 0.5) is 5.69 Å². The lowest BCUT2D eigenvalue weighted by Crippen LogP contribution is -2.74. The van der Waals surface area contributed by atoms with E-state index in [1.807, 2.05) is 54.7 Å². The summed E-state index contributed by atoms with van der Waals surface area (Å²) in [4.78, 5) is 32.4. The first-order valence-corrected chi connectivity index (χ1v) is 15.6. The topological polar surface area (TPSA) is 88.7 Å². The monoisotopic (exact) mass is 528 g/mol. The third-order valence-electron chi connectivity index (χ3n) is 7.80. The molecule has 6 heterocycles. The van der Waals surface area contributed by atoms with Gasteiger partial charge in [-0.15, -0.1) is 0 Å². The first-order chi connectivity index (χ1) is 16.4. The maximum atomic E-state index is 14.2. The average Bonchev–Trinajstić information content (AvgIpc) is 3.47. The lowest BCUT2D eigenvalue weighted by molar-refractivity contribution is -0.165. The van der Waals surface area contributed by atoms with E-state index in [0.29, 0.717) is 0 Å². The van der Waals surface area contributed by atoms with Crippen LogP contribution in [0.2, 0.25) is 0 Å². The van der Waals surface area contributed by atoms with Gasteiger partial charge in [-0.3, -0.25) is 14.5 Å². The first-order valence-electron chi connectivity index (χ1n) is 10.8. The van der Waals surface area contributed by atoms with Crippen molar-refractivity contribution in [1.82, 2.24) is 14.8 Å². The highest BCUT2D eigenvalue weighted by Gasteiger charge is 2.80. The summed E-state index contributed by atoms with van der Waals surface area (Å²) in [5.74, 6) is -0.425. The second-order valence-corrected chi connectivity index (χ2v) is 15.4. The number of aliphatic hydroxyl groups excluding tert-OH is 1. The van der Waals surface area contributed by atoms with Crippen LogP contribution in [0, 0.1) is 0 Å². The smallest absolute Gasteiger partial charge is 0.264 e. The number of likely N-dealkylation sites (N-methyl/N-ethyl adjacent to an activating group) is 1. The van der Waals surface area contributed by atoms with E-state index in [4.69, 9.17) is 0 Å². The molecule has 5 aliphatic rings. The number of hydrogen-bond acceptors (Lipinski definition) is 8. The largest absolute Gasteiger partial charge is 0.388 e. The molecule has 4 fully saturated rings. The lowest BCUT2D eigenvalue weighted by Gasteiger charge is -2.54. The molecule has 1 aromatic heterocycles. The Morgan fingerprint density at radius 3 is 2.56 bits per heavy atom. The number of nitrogens with zero attached hydrogens (tertiary/aromatic N) is 2. The maximum Gasteiger partial charge on any atom is 0.264 e. The molecule has 2 amide bonds. The van der Waals surface area contributed by atoms with Crippen LogP contribution in [0.1, 0.15) is 18.1 Å². The molecule has 5 aliphatic heterocycles. The van der Waals surface area contributed by atoms with Crippen molar-refractivity contribution in [1.29, 1.82) is 0 Å². The zero-order valence-electron chi connectivity index (χ0n) is 18.1. The van der Waals surface area contributed by atoms with Crippen molar-refractivity contribution in [2.45, 2.75) is 34.4 Å². The number of para-hydroxylation sites is 2. The summed E-state index contributed by atoms with van der Waals surface area (Å²) in [6, 6.07) is 15.8. The fourth-order valence-electron chi connectivity index (χ4n) is 6.08. The zero-order chi connectivity index (χ0) is 23.5. The summed E-state index contributed by atoms with van der Waals surface area (Å²) in [5.41, 5.74) is 2.53. The fraction of sp³-hybridized carbons (Fsp3) is 0.304. The quantitative estimate of drug-likeness (QED) is 0.409. The number of aliphatic hydroxyl groups is 1. The number of carbonyl (C=O) groups excluding carboxylic acids is 2. The van der Waals surface area contributed by atoms with Crippen LogP contribution in [-0.2, 0) is 15.0 Å². The van der Waals surface area contributed by atoms with Crippen molar-refractivity contribution in [2.24, 2.45) is 0 Å².